The third kappa shape index (κ3) is 6.58. The van der Waals surface area contributed by atoms with Gasteiger partial charge in [-0.15, -0.1) is 24.8 Å². The van der Waals surface area contributed by atoms with Crippen LogP contribution in [0.25, 0.3) is 6.08 Å². The number of halogens is 2. The summed E-state index contributed by atoms with van der Waals surface area (Å²) in [6.45, 7) is 4.62. The molecular formula is C20H30Cl2N2O2. The van der Waals surface area contributed by atoms with E-state index in [4.69, 9.17) is 4.74 Å². The van der Waals surface area contributed by atoms with Gasteiger partial charge in [0.25, 0.3) is 0 Å². The molecule has 1 saturated heterocycles. The number of esters is 1. The van der Waals surface area contributed by atoms with Gasteiger partial charge < -0.3 is 10.1 Å². The fourth-order valence-electron chi connectivity index (χ4n) is 3.61. The van der Waals surface area contributed by atoms with E-state index in [9.17, 15) is 4.79 Å². The van der Waals surface area contributed by atoms with Crippen LogP contribution < -0.4 is 5.32 Å². The van der Waals surface area contributed by atoms with Crippen LogP contribution in [0.1, 0.15) is 31.7 Å². The summed E-state index contributed by atoms with van der Waals surface area (Å²) in [7, 11) is 1.45. The zero-order valence-electron chi connectivity index (χ0n) is 15.5. The second kappa shape index (κ2) is 10.9. The lowest BCUT2D eigenvalue weighted by Crippen LogP contribution is -2.45. The topological polar surface area (TPSA) is 41.6 Å². The van der Waals surface area contributed by atoms with Gasteiger partial charge in [-0.05, 0) is 37.7 Å². The van der Waals surface area contributed by atoms with Gasteiger partial charge in [-0.3, -0.25) is 9.69 Å². The van der Waals surface area contributed by atoms with Crippen LogP contribution in [0, 0.1) is 5.92 Å². The van der Waals surface area contributed by atoms with E-state index in [0.29, 0.717) is 24.5 Å². The first kappa shape index (κ1) is 23.0. The highest BCUT2D eigenvalue weighted by Crippen LogP contribution is 2.38. The number of hydrogen-bond donors (Lipinski definition) is 1. The average molecular weight is 401 g/mol. The van der Waals surface area contributed by atoms with Crippen molar-refractivity contribution in [1.82, 2.24) is 10.2 Å². The Morgan fingerprint density at radius 1 is 1.23 bits per heavy atom. The van der Waals surface area contributed by atoms with Gasteiger partial charge >= 0.3 is 5.97 Å². The van der Waals surface area contributed by atoms with Gasteiger partial charge in [0.15, 0.2) is 0 Å². The van der Waals surface area contributed by atoms with Crippen LogP contribution in [0.4, 0.5) is 0 Å². The molecule has 0 bridgehead atoms. The average Bonchev–Trinajstić information content (AvgIpc) is 3.37. The molecular weight excluding hydrogens is 371 g/mol. The first-order valence-electron chi connectivity index (χ1n) is 8.94. The summed E-state index contributed by atoms with van der Waals surface area (Å²) in [4.78, 5) is 13.5. The number of nitrogens with zero attached hydrogens (tertiary/aromatic N) is 1. The van der Waals surface area contributed by atoms with E-state index in [-0.39, 0.29) is 30.8 Å². The van der Waals surface area contributed by atoms with Crippen LogP contribution in [0.5, 0.6) is 0 Å². The Morgan fingerprint density at radius 2 is 1.88 bits per heavy atom. The molecule has 1 aliphatic carbocycles. The van der Waals surface area contributed by atoms with E-state index in [1.165, 1.54) is 24.7 Å². The molecule has 0 spiro atoms. The Hall–Kier alpha value is -1.07. The predicted octanol–water partition coefficient (Wildman–Crippen LogP) is 3.55. The molecule has 1 aromatic carbocycles. The molecule has 146 valence electrons. The number of carbonyl (C=O) groups is 1. The fraction of sp³-hybridized carbons (Fsp3) is 0.550. The van der Waals surface area contributed by atoms with E-state index < -0.39 is 0 Å². The fourth-order valence-corrected chi connectivity index (χ4v) is 3.61. The normalized spacial score (nSPS) is 23.5. The third-order valence-corrected chi connectivity index (χ3v) is 5.19. The van der Waals surface area contributed by atoms with Crippen LogP contribution in [0.3, 0.4) is 0 Å². The molecule has 1 aliphatic heterocycles. The summed E-state index contributed by atoms with van der Waals surface area (Å²) in [6.07, 6.45) is 5.78. The summed E-state index contributed by atoms with van der Waals surface area (Å²) >= 11 is 0. The van der Waals surface area contributed by atoms with E-state index in [1.807, 2.05) is 0 Å². The number of hydrogen-bond acceptors (Lipinski definition) is 4. The Bertz CT molecular complexity index is 587. The van der Waals surface area contributed by atoms with E-state index in [2.05, 4.69) is 53.5 Å². The Balaban J connectivity index is 0.00000169. The second-order valence-electron chi connectivity index (χ2n) is 7.04. The molecule has 1 saturated carbocycles. The lowest BCUT2D eigenvalue weighted by atomic mass is 10.0. The van der Waals surface area contributed by atoms with Crippen LogP contribution in [-0.4, -0.2) is 49.7 Å². The molecule has 1 aromatic rings. The zero-order valence-corrected chi connectivity index (χ0v) is 17.2. The smallest absolute Gasteiger partial charge is 0.319 e. The minimum absolute atomic E-state index is 0. The van der Waals surface area contributed by atoms with Gasteiger partial charge in [-0.25, -0.2) is 0 Å². The molecule has 1 N–H and O–H groups in total. The van der Waals surface area contributed by atoms with Gasteiger partial charge in [-0.2, -0.15) is 0 Å². The maximum Gasteiger partial charge on any atom is 0.319 e. The van der Waals surface area contributed by atoms with Crippen molar-refractivity contribution in [3.8, 4) is 0 Å². The zero-order chi connectivity index (χ0) is 16.9. The van der Waals surface area contributed by atoms with E-state index in [0.717, 1.165) is 25.9 Å². The van der Waals surface area contributed by atoms with Crippen molar-refractivity contribution >= 4 is 36.9 Å². The molecule has 1 heterocycles. The van der Waals surface area contributed by atoms with Gasteiger partial charge in [0, 0.05) is 25.2 Å². The monoisotopic (exact) mass is 400 g/mol. The Kier molecular flexibility index (Phi) is 9.66. The predicted molar refractivity (Wildman–Crippen MR) is 111 cm³/mol. The van der Waals surface area contributed by atoms with Crippen molar-refractivity contribution in [1.29, 1.82) is 0 Å². The quantitative estimate of drug-likeness (QED) is 0.741. The lowest BCUT2D eigenvalue weighted by Gasteiger charge is -2.31. The molecule has 6 heteroatoms. The molecule has 4 nitrogen and oxygen atoms in total. The van der Waals surface area contributed by atoms with Gasteiger partial charge in [-0.1, -0.05) is 42.0 Å². The molecule has 26 heavy (non-hydrogen) atoms. The molecule has 2 aliphatic rings. The minimum atomic E-state index is -0.134. The number of methoxy groups -OCH3 is 1. The highest BCUT2D eigenvalue weighted by molar-refractivity contribution is 5.85. The number of likely N-dealkylation sites (tertiary alicyclic amines) is 1. The van der Waals surface area contributed by atoms with Gasteiger partial charge in [0.05, 0.1) is 13.7 Å². The number of carbonyl (C=O) groups excluding carboxylic acids is 1. The van der Waals surface area contributed by atoms with Crippen molar-refractivity contribution in [2.24, 2.45) is 5.92 Å². The molecule has 0 unspecified atom stereocenters. The van der Waals surface area contributed by atoms with Crippen molar-refractivity contribution in [3.63, 3.8) is 0 Å². The van der Waals surface area contributed by atoms with Gasteiger partial charge in [0.1, 0.15) is 0 Å². The largest absolute Gasteiger partial charge is 0.468 e. The lowest BCUT2D eigenvalue weighted by molar-refractivity contribution is -0.142. The van der Waals surface area contributed by atoms with Crippen LogP contribution in [0.15, 0.2) is 35.9 Å². The summed E-state index contributed by atoms with van der Waals surface area (Å²) in [5.74, 6) is 0.545. The van der Waals surface area contributed by atoms with Crippen LogP contribution >= 0.6 is 24.8 Å². The molecule has 3 rings (SSSR count). The van der Waals surface area contributed by atoms with Crippen molar-refractivity contribution < 1.29 is 9.53 Å². The Morgan fingerprint density at radius 3 is 2.50 bits per heavy atom. The van der Waals surface area contributed by atoms with Crippen LogP contribution in [0.2, 0.25) is 0 Å². The third-order valence-electron chi connectivity index (χ3n) is 5.19. The first-order valence-corrected chi connectivity index (χ1v) is 8.94. The summed E-state index contributed by atoms with van der Waals surface area (Å²) in [6, 6.07) is 11.8. The number of nitrogens with one attached hydrogen (secondary N) is 1. The summed E-state index contributed by atoms with van der Waals surface area (Å²) < 4.78 is 4.74. The maximum absolute atomic E-state index is 11.3. The van der Waals surface area contributed by atoms with E-state index >= 15 is 0 Å². The molecule has 2 fully saturated rings. The molecule has 0 radical (unpaired) electrons. The number of piperidine rings is 1. The summed E-state index contributed by atoms with van der Waals surface area (Å²) in [5, 5.41) is 3.81. The molecule has 0 aromatic heterocycles. The number of benzene rings is 1. The standard InChI is InChI=1S/C20H28N2O2.2ClH/c1-15(12-16-6-4-3-5-7-16)18-13-19(18)21-17-8-10-22(11-9-17)14-20(23)24-2;;/h3-7,12,17-19,21H,8-11,13-14H2,1-2H3;2*1H/b15-12+;;/t18-,19+;;/m0../s1. The second-order valence-corrected chi connectivity index (χ2v) is 7.04. The number of ether oxygens (including phenoxy) is 1. The van der Waals surface area contributed by atoms with Crippen molar-refractivity contribution in [2.75, 3.05) is 26.7 Å². The molecule has 0 amide bonds. The minimum Gasteiger partial charge on any atom is -0.468 e. The number of rotatable bonds is 6. The highest BCUT2D eigenvalue weighted by Gasteiger charge is 2.39. The first-order chi connectivity index (χ1) is 11.7. The Labute approximate surface area is 169 Å². The van der Waals surface area contributed by atoms with Gasteiger partial charge in [0.2, 0.25) is 0 Å². The van der Waals surface area contributed by atoms with E-state index in [1.54, 1.807) is 0 Å². The van der Waals surface area contributed by atoms with Crippen molar-refractivity contribution in [3.05, 3.63) is 41.5 Å². The van der Waals surface area contributed by atoms with Crippen LogP contribution in [-0.2, 0) is 9.53 Å². The molecule has 2 atom stereocenters. The maximum atomic E-state index is 11.3. The van der Waals surface area contributed by atoms with Crippen molar-refractivity contribution in [2.45, 2.75) is 38.3 Å². The summed E-state index contributed by atoms with van der Waals surface area (Å²) in [5.41, 5.74) is 2.76. The highest BCUT2D eigenvalue weighted by atomic mass is 35.5. The SMILES string of the molecule is COC(=O)CN1CCC(N[C@@H]2C[C@H]2/C(C)=C/c2ccccc2)CC1.Cl.Cl.